The highest BCUT2D eigenvalue weighted by Crippen LogP contribution is 2.33. The van der Waals surface area contributed by atoms with Gasteiger partial charge in [0.25, 0.3) is 5.91 Å². The largest absolute Gasteiger partial charge is 0.478 e. The zero-order valence-corrected chi connectivity index (χ0v) is 14.4. The Balaban J connectivity index is 1.71. The molecule has 0 saturated heterocycles. The predicted octanol–water partition coefficient (Wildman–Crippen LogP) is 3.70. The van der Waals surface area contributed by atoms with Crippen LogP contribution in [0.2, 0.25) is 5.02 Å². The fourth-order valence-electron chi connectivity index (χ4n) is 2.63. The highest BCUT2D eigenvalue weighted by Gasteiger charge is 2.26. The van der Waals surface area contributed by atoms with Crippen molar-refractivity contribution in [1.82, 2.24) is 10.3 Å². The summed E-state index contributed by atoms with van der Waals surface area (Å²) in [5.74, 6) is 0.630. The molecule has 2 unspecified atom stereocenters. The first-order chi connectivity index (χ1) is 11.6. The van der Waals surface area contributed by atoms with E-state index in [1.54, 1.807) is 12.4 Å². The van der Waals surface area contributed by atoms with Crippen LogP contribution >= 0.6 is 11.6 Å². The normalized spacial score (nSPS) is 17.6. The van der Waals surface area contributed by atoms with Gasteiger partial charge in [-0.3, -0.25) is 9.78 Å². The first-order valence-corrected chi connectivity index (χ1v) is 8.39. The molecule has 0 aliphatic carbocycles. The van der Waals surface area contributed by atoms with E-state index in [2.05, 4.69) is 22.5 Å². The van der Waals surface area contributed by atoms with Crippen molar-refractivity contribution in [3.63, 3.8) is 0 Å². The molecule has 0 radical (unpaired) electrons. The summed E-state index contributed by atoms with van der Waals surface area (Å²) in [6, 6.07) is 7.86. The molecule has 0 bridgehead atoms. The quantitative estimate of drug-likeness (QED) is 0.867. The number of carbonyl (C=O) groups excluding carboxylic acids is 1. The highest BCUT2D eigenvalue weighted by molar-refractivity contribution is 6.31. The molecule has 5 nitrogen and oxygen atoms in total. The number of nitrogens with one attached hydrogen (secondary N) is 2. The Morgan fingerprint density at radius 2 is 2.25 bits per heavy atom. The van der Waals surface area contributed by atoms with Crippen LogP contribution < -0.4 is 15.4 Å². The molecule has 2 aromatic rings. The Labute approximate surface area is 146 Å². The minimum Gasteiger partial charge on any atom is -0.478 e. The molecule has 1 amide bonds. The van der Waals surface area contributed by atoms with E-state index in [4.69, 9.17) is 16.3 Å². The average molecular weight is 346 g/mol. The summed E-state index contributed by atoms with van der Waals surface area (Å²) in [4.78, 5) is 15.8. The molecule has 1 aromatic carbocycles. The van der Waals surface area contributed by atoms with Gasteiger partial charge in [-0.1, -0.05) is 24.6 Å². The number of pyridine rings is 1. The number of ether oxygens (including phenoxy) is 1. The van der Waals surface area contributed by atoms with Crippen molar-refractivity contribution in [3.05, 3.63) is 52.8 Å². The number of anilines is 1. The number of rotatable bonds is 5. The first kappa shape index (κ1) is 16.7. The van der Waals surface area contributed by atoms with E-state index < -0.39 is 6.10 Å². The molecule has 0 saturated carbocycles. The van der Waals surface area contributed by atoms with Crippen LogP contribution in [0.5, 0.6) is 5.75 Å². The number of nitrogens with zero attached hydrogens (tertiary/aromatic N) is 1. The number of amides is 1. The summed E-state index contributed by atoms with van der Waals surface area (Å²) in [7, 11) is 0. The second-order valence-corrected chi connectivity index (χ2v) is 6.24. The van der Waals surface area contributed by atoms with Gasteiger partial charge in [-0.15, -0.1) is 0 Å². The molecule has 1 aliphatic rings. The maximum Gasteiger partial charge on any atom is 0.265 e. The third kappa shape index (κ3) is 3.52. The molecule has 3 rings (SSSR count). The van der Waals surface area contributed by atoms with E-state index in [0.717, 1.165) is 22.6 Å². The number of benzene rings is 1. The topological polar surface area (TPSA) is 63.2 Å². The van der Waals surface area contributed by atoms with Crippen LogP contribution in [0.25, 0.3) is 0 Å². The Morgan fingerprint density at radius 3 is 3.00 bits per heavy atom. The molecule has 2 heterocycles. The van der Waals surface area contributed by atoms with Crippen LogP contribution in [0, 0.1) is 0 Å². The van der Waals surface area contributed by atoms with Gasteiger partial charge >= 0.3 is 0 Å². The number of hydrogen-bond acceptors (Lipinski definition) is 4. The van der Waals surface area contributed by atoms with E-state index in [1.807, 2.05) is 31.2 Å². The molecular weight excluding hydrogens is 326 g/mol. The smallest absolute Gasteiger partial charge is 0.265 e. The molecular formula is C18H20ClN3O2. The van der Waals surface area contributed by atoms with Crippen molar-refractivity contribution in [2.24, 2.45) is 0 Å². The number of halogens is 1. The van der Waals surface area contributed by atoms with Crippen molar-refractivity contribution in [1.29, 1.82) is 0 Å². The van der Waals surface area contributed by atoms with Gasteiger partial charge in [0.2, 0.25) is 0 Å². The lowest BCUT2D eigenvalue weighted by molar-refractivity contribution is -0.123. The Morgan fingerprint density at radius 1 is 1.42 bits per heavy atom. The molecule has 126 valence electrons. The first-order valence-electron chi connectivity index (χ1n) is 8.01. The molecule has 6 heteroatoms. The second-order valence-electron chi connectivity index (χ2n) is 5.83. The fraction of sp³-hybridized carbons (Fsp3) is 0.333. The number of aromatic nitrogens is 1. The van der Waals surface area contributed by atoms with Crippen LogP contribution in [0.4, 0.5) is 5.69 Å². The number of hydrogen-bond donors (Lipinski definition) is 2. The summed E-state index contributed by atoms with van der Waals surface area (Å²) in [5, 5.41) is 6.98. The molecule has 24 heavy (non-hydrogen) atoms. The lowest BCUT2D eigenvalue weighted by Crippen LogP contribution is -2.36. The number of carbonyl (C=O) groups is 1. The van der Waals surface area contributed by atoms with Crippen LogP contribution in [-0.4, -0.2) is 17.0 Å². The molecule has 1 aliphatic heterocycles. The summed E-state index contributed by atoms with van der Waals surface area (Å²) < 4.78 is 5.80. The van der Waals surface area contributed by atoms with Gasteiger partial charge < -0.3 is 15.4 Å². The summed E-state index contributed by atoms with van der Waals surface area (Å²) in [6.45, 7) is 4.66. The van der Waals surface area contributed by atoms with Crippen molar-refractivity contribution >= 4 is 23.2 Å². The van der Waals surface area contributed by atoms with Gasteiger partial charge in [-0.25, -0.2) is 0 Å². The summed E-state index contributed by atoms with van der Waals surface area (Å²) in [6.07, 6.45) is 3.59. The van der Waals surface area contributed by atoms with Gasteiger partial charge in [0.05, 0.1) is 10.7 Å². The van der Waals surface area contributed by atoms with Crippen molar-refractivity contribution in [3.8, 4) is 5.75 Å². The molecule has 0 spiro atoms. The molecule has 2 N–H and O–H groups in total. The van der Waals surface area contributed by atoms with E-state index in [-0.39, 0.29) is 11.9 Å². The zero-order chi connectivity index (χ0) is 17.1. The van der Waals surface area contributed by atoms with Crippen LogP contribution in [0.1, 0.15) is 37.4 Å². The van der Waals surface area contributed by atoms with E-state index >= 15 is 0 Å². The standard InChI is InChI=1S/C18H20ClN3O2/c1-3-16-18(23)22-15-5-4-12(8-17(15)24-16)11(2)21-9-13-6-7-20-10-14(13)19/h4-8,10-11,16,21H,3,9H2,1-2H3,(H,22,23). The minimum atomic E-state index is -0.424. The molecule has 0 fully saturated rings. The lowest BCUT2D eigenvalue weighted by Gasteiger charge is -2.26. The van der Waals surface area contributed by atoms with Gasteiger partial charge in [0, 0.05) is 25.0 Å². The van der Waals surface area contributed by atoms with E-state index in [1.165, 1.54) is 0 Å². The molecule has 1 aromatic heterocycles. The summed E-state index contributed by atoms with van der Waals surface area (Å²) in [5.41, 5.74) is 2.81. The predicted molar refractivity (Wildman–Crippen MR) is 94.3 cm³/mol. The third-order valence-corrected chi connectivity index (χ3v) is 4.49. The maximum absolute atomic E-state index is 11.8. The fourth-order valence-corrected chi connectivity index (χ4v) is 2.81. The van der Waals surface area contributed by atoms with Crippen LogP contribution in [0.3, 0.4) is 0 Å². The number of fused-ring (bicyclic) bond motifs is 1. The Hall–Kier alpha value is -2.11. The van der Waals surface area contributed by atoms with E-state index in [0.29, 0.717) is 18.0 Å². The monoisotopic (exact) mass is 345 g/mol. The third-order valence-electron chi connectivity index (χ3n) is 4.15. The van der Waals surface area contributed by atoms with Gasteiger partial charge in [-0.05, 0) is 42.7 Å². The van der Waals surface area contributed by atoms with Crippen LogP contribution in [-0.2, 0) is 11.3 Å². The Kier molecular flexibility index (Phi) is 5.02. The minimum absolute atomic E-state index is 0.0868. The molecule has 2 atom stereocenters. The van der Waals surface area contributed by atoms with Crippen molar-refractivity contribution in [2.45, 2.75) is 39.0 Å². The second kappa shape index (κ2) is 7.20. The Bertz CT molecular complexity index is 751. The van der Waals surface area contributed by atoms with Gasteiger partial charge in [0.1, 0.15) is 5.75 Å². The van der Waals surface area contributed by atoms with Gasteiger partial charge in [0.15, 0.2) is 6.10 Å². The SMILES string of the molecule is CCC1Oc2cc(C(C)NCc3ccncc3Cl)ccc2NC1=O. The van der Waals surface area contributed by atoms with Crippen molar-refractivity contribution < 1.29 is 9.53 Å². The summed E-state index contributed by atoms with van der Waals surface area (Å²) >= 11 is 6.13. The highest BCUT2D eigenvalue weighted by atomic mass is 35.5. The lowest BCUT2D eigenvalue weighted by atomic mass is 10.1. The maximum atomic E-state index is 11.8. The average Bonchev–Trinajstić information content (AvgIpc) is 2.59. The van der Waals surface area contributed by atoms with Gasteiger partial charge in [-0.2, -0.15) is 0 Å². The van der Waals surface area contributed by atoms with Crippen LogP contribution in [0.15, 0.2) is 36.7 Å². The zero-order valence-electron chi connectivity index (χ0n) is 13.7. The van der Waals surface area contributed by atoms with Crippen molar-refractivity contribution in [2.75, 3.05) is 5.32 Å². The van der Waals surface area contributed by atoms with E-state index in [9.17, 15) is 4.79 Å².